The van der Waals surface area contributed by atoms with Gasteiger partial charge >= 0.3 is 0 Å². The molecular weight excluding hydrogens is 240 g/mol. The fourth-order valence-electron chi connectivity index (χ4n) is 2.92. The van der Waals surface area contributed by atoms with Gasteiger partial charge in [-0.3, -0.25) is 9.48 Å². The second kappa shape index (κ2) is 4.35. The van der Waals surface area contributed by atoms with Crippen molar-refractivity contribution in [3.05, 3.63) is 23.9 Å². The van der Waals surface area contributed by atoms with Gasteiger partial charge in [-0.25, -0.2) is 0 Å². The summed E-state index contributed by atoms with van der Waals surface area (Å²) in [6.45, 7) is 6.26. The summed E-state index contributed by atoms with van der Waals surface area (Å²) in [5.41, 5.74) is 2.79. The van der Waals surface area contributed by atoms with E-state index < -0.39 is 0 Å². The summed E-state index contributed by atoms with van der Waals surface area (Å²) in [5.74, 6) is 0. The van der Waals surface area contributed by atoms with Gasteiger partial charge in [-0.2, -0.15) is 5.10 Å². The van der Waals surface area contributed by atoms with Crippen molar-refractivity contribution in [3.63, 3.8) is 0 Å². The number of carbonyl (C=O) groups is 1. The van der Waals surface area contributed by atoms with Crippen molar-refractivity contribution >= 4 is 23.0 Å². The first-order valence-corrected chi connectivity index (χ1v) is 6.55. The Bertz CT molecular complexity index is 626. The number of benzene rings is 1. The van der Waals surface area contributed by atoms with Crippen LogP contribution in [0.25, 0.3) is 10.9 Å². The molecule has 1 amide bonds. The van der Waals surface area contributed by atoms with Crippen LogP contribution in [0.15, 0.2) is 18.2 Å². The third-order valence-corrected chi connectivity index (χ3v) is 4.02. The zero-order chi connectivity index (χ0) is 13.5. The summed E-state index contributed by atoms with van der Waals surface area (Å²) in [5, 5.41) is 11.9. The van der Waals surface area contributed by atoms with Gasteiger partial charge in [0.25, 0.3) is 0 Å². The molecule has 0 aliphatic carbocycles. The summed E-state index contributed by atoms with van der Waals surface area (Å²) < 4.78 is 2.10. The molecule has 0 radical (unpaired) electrons. The molecule has 19 heavy (non-hydrogen) atoms. The number of hydrogen-bond acceptors (Lipinski definition) is 3. The van der Waals surface area contributed by atoms with E-state index in [2.05, 4.69) is 35.2 Å². The van der Waals surface area contributed by atoms with E-state index in [1.54, 1.807) is 0 Å². The van der Waals surface area contributed by atoms with E-state index in [0.717, 1.165) is 41.8 Å². The van der Waals surface area contributed by atoms with Gasteiger partial charge in [-0.1, -0.05) is 12.1 Å². The molecular formula is C14H18N4O. The highest BCUT2D eigenvalue weighted by Gasteiger charge is 2.33. The van der Waals surface area contributed by atoms with Gasteiger partial charge in [0.1, 0.15) is 5.52 Å². The minimum Gasteiger partial charge on any atom is -0.327 e. The molecule has 100 valence electrons. The average molecular weight is 258 g/mol. The van der Waals surface area contributed by atoms with Crippen molar-refractivity contribution < 1.29 is 4.79 Å². The molecule has 0 saturated carbocycles. The van der Waals surface area contributed by atoms with E-state index in [1.165, 1.54) is 0 Å². The van der Waals surface area contributed by atoms with Crippen LogP contribution >= 0.6 is 0 Å². The van der Waals surface area contributed by atoms with E-state index in [9.17, 15) is 4.79 Å². The minimum absolute atomic E-state index is 0.0154. The second-order valence-electron chi connectivity index (χ2n) is 5.38. The van der Waals surface area contributed by atoms with Crippen LogP contribution in [0.1, 0.15) is 19.0 Å². The number of hydrogen-bond donors (Lipinski definition) is 2. The van der Waals surface area contributed by atoms with Crippen LogP contribution in [0.5, 0.6) is 0 Å². The fourth-order valence-corrected chi connectivity index (χ4v) is 2.92. The topological polar surface area (TPSA) is 59.0 Å². The molecule has 2 N–H and O–H groups in total. The lowest BCUT2D eigenvalue weighted by molar-refractivity contribution is -0.105. The van der Waals surface area contributed by atoms with Gasteiger partial charge in [0.15, 0.2) is 0 Å². The standard InChI is InChI=1S/C14H18N4O/c1-10-11-4-3-5-12(16-9-19)13(11)17-18(10)14(2)6-7-15-8-14/h3-5,9,15H,6-8H2,1-2H3,(H,16,19). The van der Waals surface area contributed by atoms with Crippen molar-refractivity contribution in [2.45, 2.75) is 25.8 Å². The first kappa shape index (κ1) is 12.2. The van der Waals surface area contributed by atoms with Crippen LogP contribution in [0, 0.1) is 6.92 Å². The molecule has 1 aliphatic rings. The Morgan fingerprint density at radius 2 is 2.37 bits per heavy atom. The number of nitrogens with zero attached hydrogens (tertiary/aromatic N) is 2. The van der Waals surface area contributed by atoms with Gasteiger partial charge < -0.3 is 10.6 Å². The molecule has 1 aliphatic heterocycles. The smallest absolute Gasteiger partial charge is 0.211 e. The molecule has 1 saturated heterocycles. The normalized spacial score (nSPS) is 22.8. The van der Waals surface area contributed by atoms with Gasteiger partial charge in [-0.15, -0.1) is 0 Å². The molecule has 2 aromatic rings. The SMILES string of the molecule is Cc1c2cccc(NC=O)c2nn1C1(C)CCNC1. The summed E-state index contributed by atoms with van der Waals surface area (Å²) in [4.78, 5) is 10.7. The first-order chi connectivity index (χ1) is 9.15. The van der Waals surface area contributed by atoms with E-state index in [-0.39, 0.29) is 5.54 Å². The van der Waals surface area contributed by atoms with E-state index in [4.69, 9.17) is 5.10 Å². The maximum Gasteiger partial charge on any atom is 0.211 e. The monoisotopic (exact) mass is 258 g/mol. The predicted octanol–water partition coefficient (Wildman–Crippen LogP) is 1.62. The largest absolute Gasteiger partial charge is 0.327 e. The Balaban J connectivity index is 2.19. The Morgan fingerprint density at radius 3 is 3.05 bits per heavy atom. The highest BCUT2D eigenvalue weighted by Crippen LogP contribution is 2.31. The van der Waals surface area contributed by atoms with Gasteiger partial charge in [0.2, 0.25) is 6.41 Å². The van der Waals surface area contributed by atoms with Crippen molar-refractivity contribution in [2.24, 2.45) is 0 Å². The third kappa shape index (κ3) is 1.81. The van der Waals surface area contributed by atoms with E-state index in [1.807, 2.05) is 12.1 Å². The second-order valence-corrected chi connectivity index (χ2v) is 5.38. The highest BCUT2D eigenvalue weighted by molar-refractivity contribution is 5.95. The third-order valence-electron chi connectivity index (χ3n) is 4.02. The van der Waals surface area contributed by atoms with Crippen LogP contribution in [-0.2, 0) is 10.3 Å². The van der Waals surface area contributed by atoms with Crippen LogP contribution in [0.2, 0.25) is 0 Å². The summed E-state index contributed by atoms with van der Waals surface area (Å²) in [6.07, 6.45) is 1.76. The quantitative estimate of drug-likeness (QED) is 0.823. The average Bonchev–Trinajstić information content (AvgIpc) is 2.97. The lowest BCUT2D eigenvalue weighted by atomic mass is 10.0. The predicted molar refractivity (Wildman–Crippen MR) is 75.3 cm³/mol. The first-order valence-electron chi connectivity index (χ1n) is 6.55. The maximum atomic E-state index is 10.7. The lowest BCUT2D eigenvalue weighted by Crippen LogP contribution is -2.34. The lowest BCUT2D eigenvalue weighted by Gasteiger charge is -2.25. The number of rotatable bonds is 3. The van der Waals surface area contributed by atoms with E-state index >= 15 is 0 Å². The number of aromatic nitrogens is 2. The van der Waals surface area contributed by atoms with Crippen molar-refractivity contribution in [3.8, 4) is 0 Å². The Hall–Kier alpha value is -1.88. The van der Waals surface area contributed by atoms with Crippen LogP contribution in [0.4, 0.5) is 5.69 Å². The van der Waals surface area contributed by atoms with Gasteiger partial charge in [0, 0.05) is 17.6 Å². The van der Waals surface area contributed by atoms with Crippen molar-refractivity contribution in [1.82, 2.24) is 15.1 Å². The Kier molecular flexibility index (Phi) is 2.78. The molecule has 2 heterocycles. The van der Waals surface area contributed by atoms with Gasteiger partial charge in [0.05, 0.1) is 11.2 Å². The molecule has 1 fully saturated rings. The zero-order valence-electron chi connectivity index (χ0n) is 11.2. The molecule has 5 heteroatoms. The summed E-state index contributed by atoms with van der Waals surface area (Å²) in [7, 11) is 0. The Morgan fingerprint density at radius 1 is 1.53 bits per heavy atom. The molecule has 1 aromatic heterocycles. The van der Waals surface area contributed by atoms with Gasteiger partial charge in [-0.05, 0) is 32.9 Å². The molecule has 1 aromatic carbocycles. The summed E-state index contributed by atoms with van der Waals surface area (Å²) >= 11 is 0. The van der Waals surface area contributed by atoms with Crippen LogP contribution < -0.4 is 10.6 Å². The Labute approximate surface area is 112 Å². The van der Waals surface area contributed by atoms with Crippen molar-refractivity contribution in [1.29, 1.82) is 0 Å². The maximum absolute atomic E-state index is 10.7. The molecule has 0 bridgehead atoms. The number of anilines is 1. The number of aryl methyl sites for hydroxylation is 1. The fraction of sp³-hybridized carbons (Fsp3) is 0.429. The highest BCUT2D eigenvalue weighted by atomic mass is 16.1. The van der Waals surface area contributed by atoms with Crippen molar-refractivity contribution in [2.75, 3.05) is 18.4 Å². The number of fused-ring (bicyclic) bond motifs is 1. The molecule has 3 rings (SSSR count). The summed E-state index contributed by atoms with van der Waals surface area (Å²) in [6, 6.07) is 5.88. The zero-order valence-corrected chi connectivity index (χ0v) is 11.2. The number of nitrogens with one attached hydrogen (secondary N) is 2. The molecule has 5 nitrogen and oxygen atoms in total. The molecule has 0 spiro atoms. The number of carbonyl (C=O) groups excluding carboxylic acids is 1. The van der Waals surface area contributed by atoms with E-state index in [0.29, 0.717) is 6.41 Å². The van der Waals surface area contributed by atoms with Crippen LogP contribution in [0.3, 0.4) is 0 Å². The molecule has 1 unspecified atom stereocenters. The number of amides is 1. The molecule has 1 atom stereocenters. The minimum atomic E-state index is 0.0154. The van der Waals surface area contributed by atoms with Crippen LogP contribution in [-0.4, -0.2) is 29.3 Å².